The van der Waals surface area contributed by atoms with Crippen LogP contribution < -0.4 is 5.32 Å². The van der Waals surface area contributed by atoms with Gasteiger partial charge in [0.15, 0.2) is 0 Å². The third-order valence-corrected chi connectivity index (χ3v) is 2.29. The molecule has 1 aromatic carbocycles. The molecule has 0 atom stereocenters. The van der Waals surface area contributed by atoms with Gasteiger partial charge in [-0.2, -0.15) is 0 Å². The lowest BCUT2D eigenvalue weighted by Gasteiger charge is -2.09. The minimum atomic E-state index is -0.378. The molecule has 1 radical (unpaired) electrons. The van der Waals surface area contributed by atoms with E-state index in [0.717, 1.165) is 18.5 Å². The van der Waals surface area contributed by atoms with Gasteiger partial charge in [-0.25, -0.2) is 0 Å². The van der Waals surface area contributed by atoms with Crippen LogP contribution in [0.4, 0.5) is 11.4 Å². The number of nitrogens with zero attached hydrogens (tertiary/aromatic N) is 1. The maximum absolute atomic E-state index is 10.8. The standard InChI is InChI=1S/C12H17N2O2/c1-9(2)6-7-13-11-8-10(3)4-5-12(11)14(15)16/h4-5,8-9,13H,3,6-7H2,1-2H3. The van der Waals surface area contributed by atoms with E-state index in [1.807, 2.05) is 0 Å². The molecule has 0 saturated carbocycles. The zero-order valence-corrected chi connectivity index (χ0v) is 9.69. The van der Waals surface area contributed by atoms with Crippen LogP contribution in [0.3, 0.4) is 0 Å². The van der Waals surface area contributed by atoms with Crippen LogP contribution in [0, 0.1) is 23.0 Å². The van der Waals surface area contributed by atoms with E-state index in [1.54, 1.807) is 12.1 Å². The van der Waals surface area contributed by atoms with E-state index in [2.05, 4.69) is 26.1 Å². The number of nitro groups is 1. The molecule has 4 nitrogen and oxygen atoms in total. The van der Waals surface area contributed by atoms with Gasteiger partial charge in [-0.15, -0.1) is 0 Å². The Morgan fingerprint density at radius 2 is 2.19 bits per heavy atom. The number of hydrogen-bond acceptors (Lipinski definition) is 3. The molecule has 1 aromatic rings. The molecular weight excluding hydrogens is 204 g/mol. The predicted octanol–water partition coefficient (Wildman–Crippen LogP) is 3.23. The second-order valence-electron chi connectivity index (χ2n) is 4.22. The summed E-state index contributed by atoms with van der Waals surface area (Å²) in [5, 5.41) is 13.9. The molecule has 0 aliphatic carbocycles. The van der Waals surface area contributed by atoms with Crippen molar-refractivity contribution in [1.29, 1.82) is 0 Å². The third kappa shape index (κ3) is 3.53. The molecule has 1 N–H and O–H groups in total. The highest BCUT2D eigenvalue weighted by Crippen LogP contribution is 2.25. The monoisotopic (exact) mass is 221 g/mol. The Morgan fingerprint density at radius 1 is 1.50 bits per heavy atom. The van der Waals surface area contributed by atoms with Gasteiger partial charge in [-0.05, 0) is 30.9 Å². The molecule has 0 spiro atoms. The van der Waals surface area contributed by atoms with E-state index >= 15 is 0 Å². The molecule has 87 valence electrons. The van der Waals surface area contributed by atoms with Crippen molar-refractivity contribution in [2.45, 2.75) is 20.3 Å². The highest BCUT2D eigenvalue weighted by molar-refractivity contribution is 5.63. The van der Waals surface area contributed by atoms with Crippen LogP contribution >= 0.6 is 0 Å². The number of nitrogens with one attached hydrogen (secondary N) is 1. The first-order chi connectivity index (χ1) is 7.50. The van der Waals surface area contributed by atoms with Crippen LogP contribution in [0.2, 0.25) is 0 Å². The zero-order valence-electron chi connectivity index (χ0n) is 9.69. The number of hydrogen-bond donors (Lipinski definition) is 1. The summed E-state index contributed by atoms with van der Waals surface area (Å²) in [5.41, 5.74) is 1.44. The molecule has 4 heteroatoms. The molecular formula is C12H17N2O2. The van der Waals surface area contributed by atoms with Crippen LogP contribution in [0.5, 0.6) is 0 Å². The normalized spacial score (nSPS) is 10.5. The summed E-state index contributed by atoms with van der Waals surface area (Å²) in [4.78, 5) is 10.4. The van der Waals surface area contributed by atoms with Crippen LogP contribution in [-0.2, 0) is 0 Å². The molecule has 16 heavy (non-hydrogen) atoms. The Labute approximate surface area is 95.8 Å². The Kier molecular flexibility index (Phi) is 4.28. The topological polar surface area (TPSA) is 55.2 Å². The van der Waals surface area contributed by atoms with Crippen LogP contribution in [0.25, 0.3) is 0 Å². The molecule has 0 fully saturated rings. The summed E-state index contributed by atoms with van der Waals surface area (Å²) >= 11 is 0. The molecule has 0 saturated heterocycles. The number of rotatable bonds is 5. The van der Waals surface area contributed by atoms with Crippen molar-refractivity contribution in [3.8, 4) is 0 Å². The maximum atomic E-state index is 10.8. The number of benzene rings is 1. The van der Waals surface area contributed by atoms with Crippen LogP contribution in [0.15, 0.2) is 18.2 Å². The van der Waals surface area contributed by atoms with E-state index in [1.165, 1.54) is 6.07 Å². The maximum Gasteiger partial charge on any atom is 0.292 e. The van der Waals surface area contributed by atoms with Crippen molar-refractivity contribution in [3.05, 3.63) is 40.8 Å². The van der Waals surface area contributed by atoms with Gasteiger partial charge in [-0.3, -0.25) is 10.1 Å². The van der Waals surface area contributed by atoms with Crippen molar-refractivity contribution in [2.75, 3.05) is 11.9 Å². The molecule has 0 heterocycles. The lowest BCUT2D eigenvalue weighted by molar-refractivity contribution is -0.384. The largest absolute Gasteiger partial charge is 0.379 e. The second-order valence-corrected chi connectivity index (χ2v) is 4.22. The Bertz CT molecular complexity index is 375. The Hall–Kier alpha value is -1.58. The first kappa shape index (κ1) is 12.5. The number of anilines is 1. The van der Waals surface area contributed by atoms with Crippen LogP contribution in [0.1, 0.15) is 25.8 Å². The van der Waals surface area contributed by atoms with Crippen molar-refractivity contribution in [2.24, 2.45) is 5.92 Å². The van der Waals surface area contributed by atoms with Gasteiger partial charge in [0.2, 0.25) is 0 Å². The van der Waals surface area contributed by atoms with Crippen molar-refractivity contribution in [3.63, 3.8) is 0 Å². The van der Waals surface area contributed by atoms with Gasteiger partial charge in [0.05, 0.1) is 4.92 Å². The summed E-state index contributed by atoms with van der Waals surface area (Å²) in [7, 11) is 0. The van der Waals surface area contributed by atoms with Gasteiger partial charge >= 0.3 is 0 Å². The van der Waals surface area contributed by atoms with E-state index in [9.17, 15) is 10.1 Å². The van der Waals surface area contributed by atoms with E-state index in [4.69, 9.17) is 0 Å². The SMILES string of the molecule is [CH2]c1ccc([N+](=O)[O-])c(NCCC(C)C)c1. The average molecular weight is 221 g/mol. The summed E-state index contributed by atoms with van der Waals surface area (Å²) in [6.07, 6.45) is 0.985. The predicted molar refractivity (Wildman–Crippen MR) is 65.5 cm³/mol. The fraction of sp³-hybridized carbons (Fsp3) is 0.417. The summed E-state index contributed by atoms with van der Waals surface area (Å²) in [5.74, 6) is 0.578. The third-order valence-electron chi connectivity index (χ3n) is 2.29. The van der Waals surface area contributed by atoms with E-state index in [-0.39, 0.29) is 10.6 Å². The highest BCUT2D eigenvalue weighted by atomic mass is 16.6. The van der Waals surface area contributed by atoms with Gasteiger partial charge < -0.3 is 5.32 Å². The average Bonchev–Trinajstić information content (AvgIpc) is 2.16. The Morgan fingerprint density at radius 3 is 2.75 bits per heavy atom. The first-order valence-electron chi connectivity index (χ1n) is 5.35. The molecule has 0 aliphatic rings. The van der Waals surface area contributed by atoms with Crippen LogP contribution in [-0.4, -0.2) is 11.5 Å². The fourth-order valence-corrected chi connectivity index (χ4v) is 1.38. The number of nitro benzene ring substituents is 1. The Balaban J connectivity index is 2.76. The van der Waals surface area contributed by atoms with Crippen molar-refractivity contribution in [1.82, 2.24) is 0 Å². The summed E-state index contributed by atoms with van der Waals surface area (Å²) in [6, 6.07) is 4.84. The zero-order chi connectivity index (χ0) is 12.1. The highest BCUT2D eigenvalue weighted by Gasteiger charge is 2.12. The lowest BCUT2D eigenvalue weighted by Crippen LogP contribution is -2.06. The van der Waals surface area contributed by atoms with Crippen molar-refractivity contribution < 1.29 is 4.92 Å². The summed E-state index contributed by atoms with van der Waals surface area (Å²) in [6.45, 7) is 8.74. The quantitative estimate of drug-likeness (QED) is 0.613. The lowest BCUT2D eigenvalue weighted by atomic mass is 10.1. The smallest absolute Gasteiger partial charge is 0.292 e. The summed E-state index contributed by atoms with van der Waals surface area (Å²) < 4.78 is 0. The molecule has 0 aromatic heterocycles. The molecule has 0 unspecified atom stereocenters. The minimum Gasteiger partial charge on any atom is -0.379 e. The van der Waals surface area contributed by atoms with Gasteiger partial charge in [-0.1, -0.05) is 19.9 Å². The minimum absolute atomic E-state index is 0.108. The van der Waals surface area contributed by atoms with Gasteiger partial charge in [0, 0.05) is 12.6 Å². The van der Waals surface area contributed by atoms with E-state index < -0.39 is 0 Å². The molecule has 1 rings (SSSR count). The first-order valence-corrected chi connectivity index (χ1v) is 5.35. The van der Waals surface area contributed by atoms with Crippen molar-refractivity contribution >= 4 is 11.4 Å². The van der Waals surface area contributed by atoms with Gasteiger partial charge in [0.1, 0.15) is 5.69 Å². The molecule has 0 aliphatic heterocycles. The fourth-order valence-electron chi connectivity index (χ4n) is 1.38. The molecule has 0 bridgehead atoms. The van der Waals surface area contributed by atoms with Gasteiger partial charge in [0.25, 0.3) is 5.69 Å². The molecule has 0 amide bonds. The second kappa shape index (κ2) is 5.49. The van der Waals surface area contributed by atoms with E-state index in [0.29, 0.717) is 11.6 Å².